The summed E-state index contributed by atoms with van der Waals surface area (Å²) in [5.41, 5.74) is 1.09. The Morgan fingerprint density at radius 1 is 1.29 bits per heavy atom. The highest BCUT2D eigenvalue weighted by molar-refractivity contribution is 6.30. The first-order valence-corrected chi connectivity index (χ1v) is 6.70. The standard InChI is InChI=1S/C14H19Cl2F/c1-14(2,3)13(16)6-4-5-10-7-8-11(15)12(17)9-10/h7-9,13H,4-6H2,1-3H3. The Morgan fingerprint density at radius 2 is 1.94 bits per heavy atom. The van der Waals surface area contributed by atoms with Gasteiger partial charge in [-0.2, -0.15) is 0 Å². The van der Waals surface area contributed by atoms with Gasteiger partial charge < -0.3 is 0 Å². The van der Waals surface area contributed by atoms with Crippen LogP contribution >= 0.6 is 23.2 Å². The van der Waals surface area contributed by atoms with Crippen LogP contribution in [0.4, 0.5) is 4.39 Å². The molecule has 0 nitrogen and oxygen atoms in total. The molecule has 0 aliphatic carbocycles. The van der Waals surface area contributed by atoms with Crippen molar-refractivity contribution >= 4 is 23.2 Å². The molecule has 0 bridgehead atoms. The quantitative estimate of drug-likeness (QED) is 0.641. The normalized spacial score (nSPS) is 13.8. The van der Waals surface area contributed by atoms with Gasteiger partial charge in [-0.05, 0) is 42.4 Å². The summed E-state index contributed by atoms with van der Waals surface area (Å²) in [6.45, 7) is 6.39. The van der Waals surface area contributed by atoms with Crippen LogP contribution in [0.1, 0.15) is 39.2 Å². The highest BCUT2D eigenvalue weighted by Crippen LogP contribution is 2.28. The number of alkyl halides is 1. The second-order valence-electron chi connectivity index (χ2n) is 5.47. The van der Waals surface area contributed by atoms with E-state index in [-0.39, 0.29) is 21.6 Å². The summed E-state index contributed by atoms with van der Waals surface area (Å²) >= 11 is 11.9. The Bertz CT molecular complexity index is 369. The van der Waals surface area contributed by atoms with E-state index in [1.54, 1.807) is 6.07 Å². The van der Waals surface area contributed by atoms with Crippen LogP contribution in [0, 0.1) is 11.2 Å². The first kappa shape index (κ1) is 14.8. The van der Waals surface area contributed by atoms with Gasteiger partial charge in [-0.15, -0.1) is 11.6 Å². The Kier molecular flexibility index (Phi) is 5.27. The third-order valence-corrected chi connectivity index (χ3v) is 4.03. The van der Waals surface area contributed by atoms with Crippen LogP contribution in [0.15, 0.2) is 18.2 Å². The molecule has 1 unspecified atom stereocenters. The van der Waals surface area contributed by atoms with E-state index in [4.69, 9.17) is 23.2 Å². The van der Waals surface area contributed by atoms with E-state index < -0.39 is 0 Å². The van der Waals surface area contributed by atoms with E-state index >= 15 is 0 Å². The molecule has 0 N–H and O–H groups in total. The van der Waals surface area contributed by atoms with Gasteiger partial charge in [0.25, 0.3) is 0 Å². The molecule has 17 heavy (non-hydrogen) atoms. The molecule has 0 spiro atoms. The van der Waals surface area contributed by atoms with Gasteiger partial charge in [-0.1, -0.05) is 38.4 Å². The van der Waals surface area contributed by atoms with E-state index in [0.717, 1.165) is 24.8 Å². The Balaban J connectivity index is 2.44. The van der Waals surface area contributed by atoms with Gasteiger partial charge in [-0.3, -0.25) is 0 Å². The smallest absolute Gasteiger partial charge is 0.142 e. The van der Waals surface area contributed by atoms with Crippen molar-refractivity contribution in [1.82, 2.24) is 0 Å². The lowest BCUT2D eigenvalue weighted by Gasteiger charge is -2.24. The van der Waals surface area contributed by atoms with Crippen LogP contribution in [0.3, 0.4) is 0 Å². The van der Waals surface area contributed by atoms with Gasteiger partial charge in [-0.25, -0.2) is 4.39 Å². The fraction of sp³-hybridized carbons (Fsp3) is 0.571. The van der Waals surface area contributed by atoms with Crippen LogP contribution in [0.25, 0.3) is 0 Å². The molecule has 96 valence electrons. The predicted octanol–water partition coefficient (Wildman–Crippen LogP) is 5.46. The predicted molar refractivity (Wildman–Crippen MR) is 73.4 cm³/mol. The average Bonchev–Trinajstić information content (AvgIpc) is 2.22. The highest BCUT2D eigenvalue weighted by Gasteiger charge is 2.21. The second-order valence-corrected chi connectivity index (χ2v) is 6.41. The minimum atomic E-state index is -0.345. The summed E-state index contributed by atoms with van der Waals surface area (Å²) in [6, 6.07) is 4.97. The number of hydrogen-bond donors (Lipinski definition) is 0. The zero-order valence-corrected chi connectivity index (χ0v) is 12.1. The minimum absolute atomic E-state index is 0.118. The summed E-state index contributed by atoms with van der Waals surface area (Å²) in [7, 11) is 0. The highest BCUT2D eigenvalue weighted by atomic mass is 35.5. The fourth-order valence-electron chi connectivity index (χ4n) is 1.61. The molecule has 0 saturated carbocycles. The second kappa shape index (κ2) is 6.06. The van der Waals surface area contributed by atoms with Gasteiger partial charge in [0.15, 0.2) is 0 Å². The zero-order chi connectivity index (χ0) is 13.1. The van der Waals surface area contributed by atoms with Crippen LogP contribution in [0.2, 0.25) is 5.02 Å². The lowest BCUT2D eigenvalue weighted by Crippen LogP contribution is -2.20. The SMILES string of the molecule is CC(C)(C)C(Cl)CCCc1ccc(Cl)c(F)c1. The van der Waals surface area contributed by atoms with E-state index in [2.05, 4.69) is 20.8 Å². The molecule has 0 saturated heterocycles. The van der Waals surface area contributed by atoms with Crippen molar-refractivity contribution in [3.63, 3.8) is 0 Å². The molecule has 1 aromatic carbocycles. The molecule has 0 radical (unpaired) electrons. The largest absolute Gasteiger partial charge is 0.205 e. The molecular weight excluding hydrogens is 258 g/mol. The summed E-state index contributed by atoms with van der Waals surface area (Å²) in [6.07, 6.45) is 2.75. The Labute approximate surface area is 113 Å². The van der Waals surface area contributed by atoms with Crippen LogP contribution in [-0.2, 0) is 6.42 Å². The first-order chi connectivity index (χ1) is 7.80. The van der Waals surface area contributed by atoms with Gasteiger partial charge in [0, 0.05) is 5.38 Å². The van der Waals surface area contributed by atoms with Crippen LogP contribution < -0.4 is 0 Å². The Hall–Kier alpha value is -0.270. The van der Waals surface area contributed by atoms with E-state index in [9.17, 15) is 4.39 Å². The molecule has 0 heterocycles. The van der Waals surface area contributed by atoms with Crippen molar-refractivity contribution in [3.8, 4) is 0 Å². The molecule has 0 aromatic heterocycles. The molecule has 0 amide bonds. The van der Waals surface area contributed by atoms with Crippen molar-refractivity contribution in [1.29, 1.82) is 0 Å². The number of aryl methyl sites for hydroxylation is 1. The maximum absolute atomic E-state index is 13.2. The Morgan fingerprint density at radius 3 is 2.47 bits per heavy atom. The molecule has 0 aliphatic rings. The van der Waals surface area contributed by atoms with Crippen LogP contribution in [0.5, 0.6) is 0 Å². The molecular formula is C14H19Cl2F. The number of benzene rings is 1. The average molecular weight is 277 g/mol. The third-order valence-electron chi connectivity index (χ3n) is 2.85. The van der Waals surface area contributed by atoms with Crippen molar-refractivity contribution in [3.05, 3.63) is 34.6 Å². The molecule has 3 heteroatoms. The monoisotopic (exact) mass is 276 g/mol. The topological polar surface area (TPSA) is 0 Å². The number of hydrogen-bond acceptors (Lipinski definition) is 0. The molecule has 0 fully saturated rings. The molecule has 1 rings (SSSR count). The lowest BCUT2D eigenvalue weighted by molar-refractivity contribution is 0.369. The van der Waals surface area contributed by atoms with Gasteiger partial charge in [0.2, 0.25) is 0 Å². The third kappa shape index (κ3) is 4.85. The van der Waals surface area contributed by atoms with Crippen LogP contribution in [-0.4, -0.2) is 5.38 Å². The summed E-state index contributed by atoms with van der Waals surface area (Å²) < 4.78 is 13.2. The molecule has 0 aliphatic heterocycles. The van der Waals surface area contributed by atoms with E-state index in [0.29, 0.717) is 0 Å². The van der Waals surface area contributed by atoms with Crippen molar-refractivity contribution in [2.75, 3.05) is 0 Å². The van der Waals surface area contributed by atoms with Gasteiger partial charge in [0.05, 0.1) is 5.02 Å². The summed E-state index contributed by atoms with van der Waals surface area (Å²) in [5, 5.41) is 0.332. The van der Waals surface area contributed by atoms with Gasteiger partial charge in [0.1, 0.15) is 5.82 Å². The summed E-state index contributed by atoms with van der Waals surface area (Å²) in [4.78, 5) is 0. The summed E-state index contributed by atoms with van der Waals surface area (Å²) in [5.74, 6) is -0.345. The van der Waals surface area contributed by atoms with Gasteiger partial charge >= 0.3 is 0 Å². The van der Waals surface area contributed by atoms with E-state index in [1.807, 2.05) is 6.07 Å². The van der Waals surface area contributed by atoms with E-state index in [1.165, 1.54) is 6.07 Å². The number of halogens is 3. The number of rotatable bonds is 4. The maximum Gasteiger partial charge on any atom is 0.142 e. The van der Waals surface area contributed by atoms with Crippen molar-refractivity contribution in [2.24, 2.45) is 5.41 Å². The van der Waals surface area contributed by atoms with Crippen molar-refractivity contribution < 1.29 is 4.39 Å². The zero-order valence-electron chi connectivity index (χ0n) is 10.6. The molecule has 1 atom stereocenters. The maximum atomic E-state index is 13.2. The van der Waals surface area contributed by atoms with Crippen molar-refractivity contribution in [2.45, 2.75) is 45.4 Å². The first-order valence-electron chi connectivity index (χ1n) is 5.88. The minimum Gasteiger partial charge on any atom is -0.205 e. The molecule has 1 aromatic rings. The fourth-order valence-corrected chi connectivity index (χ4v) is 1.89. The lowest BCUT2D eigenvalue weighted by atomic mass is 9.88.